The number of aryl methyl sites for hydroxylation is 1. The lowest BCUT2D eigenvalue weighted by Gasteiger charge is -2.11. The van der Waals surface area contributed by atoms with Gasteiger partial charge in [-0.25, -0.2) is 8.42 Å². The second-order valence-corrected chi connectivity index (χ2v) is 7.72. The summed E-state index contributed by atoms with van der Waals surface area (Å²) in [5, 5.41) is 3.34. The van der Waals surface area contributed by atoms with E-state index in [1.165, 1.54) is 0 Å². The standard InChI is InChI=1S/C16H27NO2S/c1-4-17-15(3)9-5-6-11-20(18,19)13-16-10-7-8-14(2)12-16/h7-8,10,12,15,17H,4-6,9,11,13H2,1-3H3. The van der Waals surface area contributed by atoms with Crippen molar-refractivity contribution in [2.24, 2.45) is 0 Å². The van der Waals surface area contributed by atoms with E-state index in [0.717, 1.165) is 36.9 Å². The van der Waals surface area contributed by atoms with Crippen LogP contribution in [0.1, 0.15) is 44.2 Å². The number of benzene rings is 1. The number of unbranched alkanes of at least 4 members (excludes halogenated alkanes) is 1. The molecule has 0 radical (unpaired) electrons. The summed E-state index contributed by atoms with van der Waals surface area (Å²) in [4.78, 5) is 0. The highest BCUT2D eigenvalue weighted by Gasteiger charge is 2.12. The zero-order valence-corrected chi connectivity index (χ0v) is 13.7. The Hall–Kier alpha value is -0.870. The summed E-state index contributed by atoms with van der Waals surface area (Å²) in [5.41, 5.74) is 2.00. The smallest absolute Gasteiger partial charge is 0.154 e. The minimum atomic E-state index is -2.98. The highest BCUT2D eigenvalue weighted by Crippen LogP contribution is 2.11. The highest BCUT2D eigenvalue weighted by molar-refractivity contribution is 7.90. The van der Waals surface area contributed by atoms with E-state index in [0.29, 0.717) is 11.8 Å². The summed E-state index contributed by atoms with van der Waals surface area (Å²) in [6.45, 7) is 7.18. The van der Waals surface area contributed by atoms with Crippen LogP contribution in [-0.4, -0.2) is 26.8 Å². The second kappa shape index (κ2) is 8.42. The predicted octanol–water partition coefficient (Wildman–Crippen LogP) is 3.08. The van der Waals surface area contributed by atoms with Crippen molar-refractivity contribution in [3.8, 4) is 0 Å². The van der Waals surface area contributed by atoms with Gasteiger partial charge in [-0.05, 0) is 38.8 Å². The molecule has 1 rings (SSSR count). The van der Waals surface area contributed by atoms with E-state index < -0.39 is 9.84 Å². The molecule has 0 aliphatic heterocycles. The minimum Gasteiger partial charge on any atom is -0.315 e. The quantitative estimate of drug-likeness (QED) is 0.713. The van der Waals surface area contributed by atoms with Crippen molar-refractivity contribution >= 4 is 9.84 Å². The molecule has 1 aromatic rings. The van der Waals surface area contributed by atoms with Gasteiger partial charge in [0.05, 0.1) is 11.5 Å². The third-order valence-electron chi connectivity index (χ3n) is 3.36. The van der Waals surface area contributed by atoms with E-state index in [1.54, 1.807) is 0 Å². The molecule has 0 heterocycles. The first-order valence-electron chi connectivity index (χ1n) is 7.42. The predicted molar refractivity (Wildman–Crippen MR) is 85.7 cm³/mol. The molecule has 1 aromatic carbocycles. The van der Waals surface area contributed by atoms with Crippen molar-refractivity contribution in [3.05, 3.63) is 35.4 Å². The lowest BCUT2D eigenvalue weighted by molar-refractivity contribution is 0.507. The molecule has 0 fully saturated rings. The van der Waals surface area contributed by atoms with Crippen molar-refractivity contribution < 1.29 is 8.42 Å². The van der Waals surface area contributed by atoms with E-state index in [9.17, 15) is 8.42 Å². The van der Waals surface area contributed by atoms with Gasteiger partial charge in [-0.2, -0.15) is 0 Å². The Kier molecular flexibility index (Phi) is 7.24. The summed E-state index contributed by atoms with van der Waals surface area (Å²) < 4.78 is 24.1. The maximum atomic E-state index is 12.1. The number of hydrogen-bond acceptors (Lipinski definition) is 3. The van der Waals surface area contributed by atoms with Gasteiger partial charge in [0.1, 0.15) is 0 Å². The fourth-order valence-corrected chi connectivity index (χ4v) is 3.83. The van der Waals surface area contributed by atoms with Crippen molar-refractivity contribution in [1.29, 1.82) is 0 Å². The van der Waals surface area contributed by atoms with E-state index in [2.05, 4.69) is 19.2 Å². The molecule has 0 spiro atoms. The molecule has 0 aromatic heterocycles. The van der Waals surface area contributed by atoms with E-state index in [4.69, 9.17) is 0 Å². The van der Waals surface area contributed by atoms with E-state index >= 15 is 0 Å². The topological polar surface area (TPSA) is 46.2 Å². The molecule has 0 saturated heterocycles. The normalized spacial score (nSPS) is 13.3. The molecule has 1 unspecified atom stereocenters. The number of rotatable bonds is 9. The zero-order chi connectivity index (χ0) is 15.0. The first-order valence-corrected chi connectivity index (χ1v) is 9.24. The molecule has 0 amide bonds. The maximum absolute atomic E-state index is 12.1. The van der Waals surface area contributed by atoms with Crippen LogP contribution in [0.2, 0.25) is 0 Å². The average Bonchev–Trinajstić information content (AvgIpc) is 2.34. The molecule has 1 atom stereocenters. The number of sulfone groups is 1. The summed E-state index contributed by atoms with van der Waals surface area (Å²) in [7, 11) is -2.98. The van der Waals surface area contributed by atoms with Crippen molar-refractivity contribution in [2.45, 2.75) is 51.8 Å². The van der Waals surface area contributed by atoms with Gasteiger partial charge in [0.25, 0.3) is 0 Å². The Labute approximate surface area is 123 Å². The van der Waals surface area contributed by atoms with Crippen LogP contribution in [0.3, 0.4) is 0 Å². The van der Waals surface area contributed by atoms with Crippen molar-refractivity contribution in [2.75, 3.05) is 12.3 Å². The van der Waals surface area contributed by atoms with Gasteiger partial charge in [-0.15, -0.1) is 0 Å². The van der Waals surface area contributed by atoms with Crippen LogP contribution in [-0.2, 0) is 15.6 Å². The van der Waals surface area contributed by atoms with Gasteiger partial charge in [-0.1, -0.05) is 43.2 Å². The molecule has 114 valence electrons. The molecule has 20 heavy (non-hydrogen) atoms. The zero-order valence-electron chi connectivity index (χ0n) is 12.9. The molecule has 0 aliphatic rings. The van der Waals surface area contributed by atoms with Gasteiger partial charge in [-0.3, -0.25) is 0 Å². The Morgan fingerprint density at radius 1 is 1.25 bits per heavy atom. The van der Waals surface area contributed by atoms with Gasteiger partial charge in [0.15, 0.2) is 9.84 Å². The molecular weight excluding hydrogens is 270 g/mol. The van der Waals surface area contributed by atoms with Gasteiger partial charge in [0.2, 0.25) is 0 Å². The summed E-state index contributed by atoms with van der Waals surface area (Å²) >= 11 is 0. The lowest BCUT2D eigenvalue weighted by atomic mass is 10.1. The number of hydrogen-bond donors (Lipinski definition) is 1. The lowest BCUT2D eigenvalue weighted by Crippen LogP contribution is -2.25. The van der Waals surface area contributed by atoms with Crippen molar-refractivity contribution in [1.82, 2.24) is 5.32 Å². The Bertz CT molecular complexity index is 497. The van der Waals surface area contributed by atoms with Crippen LogP contribution < -0.4 is 5.32 Å². The van der Waals surface area contributed by atoms with E-state index in [1.807, 2.05) is 31.2 Å². The van der Waals surface area contributed by atoms with Crippen LogP contribution in [0.15, 0.2) is 24.3 Å². The first-order chi connectivity index (χ1) is 9.43. The molecule has 3 nitrogen and oxygen atoms in total. The van der Waals surface area contributed by atoms with Crippen LogP contribution in [0.25, 0.3) is 0 Å². The molecule has 0 aliphatic carbocycles. The number of nitrogens with one attached hydrogen (secondary N) is 1. The Balaban J connectivity index is 2.35. The molecular formula is C16H27NO2S. The van der Waals surface area contributed by atoms with Gasteiger partial charge in [0, 0.05) is 6.04 Å². The van der Waals surface area contributed by atoms with Crippen LogP contribution in [0, 0.1) is 6.92 Å². The van der Waals surface area contributed by atoms with Gasteiger partial charge >= 0.3 is 0 Å². The fraction of sp³-hybridized carbons (Fsp3) is 0.625. The maximum Gasteiger partial charge on any atom is 0.154 e. The Morgan fingerprint density at radius 3 is 2.65 bits per heavy atom. The SMILES string of the molecule is CCNC(C)CCCCS(=O)(=O)Cc1cccc(C)c1. The summed E-state index contributed by atoms with van der Waals surface area (Å²) in [5.74, 6) is 0.456. The largest absolute Gasteiger partial charge is 0.315 e. The third-order valence-corrected chi connectivity index (χ3v) is 5.05. The highest BCUT2D eigenvalue weighted by atomic mass is 32.2. The summed E-state index contributed by atoms with van der Waals surface area (Å²) in [6, 6.07) is 8.21. The van der Waals surface area contributed by atoms with Crippen molar-refractivity contribution in [3.63, 3.8) is 0 Å². The minimum absolute atomic E-state index is 0.164. The second-order valence-electron chi connectivity index (χ2n) is 5.54. The molecule has 0 saturated carbocycles. The molecule has 4 heteroatoms. The molecule has 1 N–H and O–H groups in total. The van der Waals surface area contributed by atoms with E-state index in [-0.39, 0.29) is 5.75 Å². The van der Waals surface area contributed by atoms with Gasteiger partial charge < -0.3 is 5.32 Å². The third kappa shape index (κ3) is 7.06. The van der Waals surface area contributed by atoms with Crippen LogP contribution >= 0.6 is 0 Å². The fourth-order valence-electron chi connectivity index (χ4n) is 2.35. The average molecular weight is 297 g/mol. The molecule has 0 bridgehead atoms. The Morgan fingerprint density at radius 2 is 2.00 bits per heavy atom. The first kappa shape index (κ1) is 17.2. The van der Waals surface area contributed by atoms with Crippen LogP contribution in [0.5, 0.6) is 0 Å². The van der Waals surface area contributed by atoms with Crippen LogP contribution in [0.4, 0.5) is 0 Å². The summed E-state index contributed by atoms with van der Waals surface area (Å²) in [6.07, 6.45) is 2.75. The monoisotopic (exact) mass is 297 g/mol.